The van der Waals surface area contributed by atoms with Crippen LogP contribution in [0.5, 0.6) is 0 Å². The van der Waals surface area contributed by atoms with Crippen molar-refractivity contribution in [3.05, 3.63) is 0 Å². The van der Waals surface area contributed by atoms with E-state index in [2.05, 4.69) is 51.3 Å². The highest BCUT2D eigenvalue weighted by atomic mass is 16.5. The summed E-state index contributed by atoms with van der Waals surface area (Å²) in [6.07, 6.45) is 4.35. The minimum atomic E-state index is 0.332. The van der Waals surface area contributed by atoms with Gasteiger partial charge < -0.3 is 14.4 Å². The molecule has 1 aliphatic heterocycles. The van der Waals surface area contributed by atoms with Gasteiger partial charge in [0.15, 0.2) is 0 Å². The van der Waals surface area contributed by atoms with Crippen LogP contribution in [0.25, 0.3) is 0 Å². The summed E-state index contributed by atoms with van der Waals surface area (Å²) in [4.78, 5) is 5.02. The van der Waals surface area contributed by atoms with Gasteiger partial charge in [0.25, 0.3) is 0 Å². The van der Waals surface area contributed by atoms with Crippen molar-refractivity contribution in [3.63, 3.8) is 0 Å². The van der Waals surface area contributed by atoms with E-state index >= 15 is 0 Å². The molecule has 1 rings (SSSR count). The number of hydrogen-bond donors (Lipinski definition) is 0. The van der Waals surface area contributed by atoms with Crippen LogP contribution in [0, 0.1) is 0 Å². The standard InChI is InChI=1S/C19H40N2O2/c1-7-20(13-14-22-17(4)5)11-8-9-18(6)23-15-19-10-12-21(19)16(2)3/h16-19H,7-15H2,1-6H3. The fourth-order valence-electron chi connectivity index (χ4n) is 3.13. The van der Waals surface area contributed by atoms with E-state index in [1.165, 1.54) is 19.4 Å². The van der Waals surface area contributed by atoms with Gasteiger partial charge in [-0.25, -0.2) is 0 Å². The van der Waals surface area contributed by atoms with Gasteiger partial charge in [0.1, 0.15) is 0 Å². The van der Waals surface area contributed by atoms with Gasteiger partial charge in [-0.1, -0.05) is 6.92 Å². The Hall–Kier alpha value is -0.160. The van der Waals surface area contributed by atoms with Crippen molar-refractivity contribution in [2.75, 3.05) is 39.4 Å². The molecular weight excluding hydrogens is 288 g/mol. The Morgan fingerprint density at radius 2 is 1.83 bits per heavy atom. The summed E-state index contributed by atoms with van der Waals surface area (Å²) in [6, 6.07) is 1.30. The molecule has 1 heterocycles. The maximum Gasteiger partial charge on any atom is 0.0626 e. The second-order valence-electron chi connectivity index (χ2n) is 7.41. The number of nitrogens with zero attached hydrogens (tertiary/aromatic N) is 2. The Labute approximate surface area is 144 Å². The van der Waals surface area contributed by atoms with E-state index in [9.17, 15) is 0 Å². The zero-order chi connectivity index (χ0) is 17.2. The molecule has 0 spiro atoms. The fraction of sp³-hybridized carbons (Fsp3) is 1.00. The van der Waals surface area contributed by atoms with E-state index in [4.69, 9.17) is 9.47 Å². The molecule has 0 aromatic heterocycles. The fourth-order valence-corrected chi connectivity index (χ4v) is 3.13. The lowest BCUT2D eigenvalue weighted by molar-refractivity contribution is -0.0388. The second kappa shape index (κ2) is 11.4. The normalized spacial score (nSPS) is 20.5. The lowest BCUT2D eigenvalue weighted by atomic mass is 10.0. The monoisotopic (exact) mass is 328 g/mol. The van der Waals surface area contributed by atoms with Crippen LogP contribution in [0.2, 0.25) is 0 Å². The number of hydrogen-bond acceptors (Lipinski definition) is 4. The minimum Gasteiger partial charge on any atom is -0.377 e. The van der Waals surface area contributed by atoms with Crippen LogP contribution in [-0.2, 0) is 9.47 Å². The topological polar surface area (TPSA) is 24.9 Å². The Morgan fingerprint density at radius 3 is 2.35 bits per heavy atom. The molecule has 138 valence electrons. The van der Waals surface area contributed by atoms with E-state index in [1.807, 2.05) is 0 Å². The summed E-state index contributed by atoms with van der Waals surface area (Å²) in [5, 5.41) is 0. The molecule has 0 saturated carbocycles. The van der Waals surface area contributed by atoms with E-state index in [0.29, 0.717) is 24.3 Å². The number of rotatable bonds is 13. The van der Waals surface area contributed by atoms with Crippen LogP contribution < -0.4 is 0 Å². The third-order valence-electron chi connectivity index (χ3n) is 4.82. The average molecular weight is 329 g/mol. The van der Waals surface area contributed by atoms with Gasteiger partial charge in [-0.05, 0) is 67.0 Å². The molecule has 4 heteroatoms. The lowest BCUT2D eigenvalue weighted by Crippen LogP contribution is -2.53. The molecule has 0 aromatic rings. The van der Waals surface area contributed by atoms with Crippen LogP contribution in [0.3, 0.4) is 0 Å². The van der Waals surface area contributed by atoms with Gasteiger partial charge >= 0.3 is 0 Å². The van der Waals surface area contributed by atoms with Crippen molar-refractivity contribution in [2.45, 2.75) is 85.1 Å². The van der Waals surface area contributed by atoms with E-state index < -0.39 is 0 Å². The summed E-state index contributed by atoms with van der Waals surface area (Å²) in [5.41, 5.74) is 0. The predicted octanol–water partition coefficient (Wildman–Crippen LogP) is 3.40. The first-order chi connectivity index (χ1) is 10.9. The highest BCUT2D eigenvalue weighted by Crippen LogP contribution is 2.21. The smallest absolute Gasteiger partial charge is 0.0626 e. The van der Waals surface area contributed by atoms with Gasteiger partial charge in [0, 0.05) is 25.2 Å². The van der Waals surface area contributed by atoms with Gasteiger partial charge in [-0.15, -0.1) is 0 Å². The summed E-state index contributed by atoms with van der Waals surface area (Å²) in [6.45, 7) is 19.5. The molecule has 23 heavy (non-hydrogen) atoms. The molecule has 4 nitrogen and oxygen atoms in total. The zero-order valence-corrected chi connectivity index (χ0v) is 16.4. The van der Waals surface area contributed by atoms with Crippen molar-refractivity contribution in [2.24, 2.45) is 0 Å². The average Bonchev–Trinajstić information content (AvgIpc) is 2.43. The molecule has 2 atom stereocenters. The van der Waals surface area contributed by atoms with E-state index in [-0.39, 0.29) is 0 Å². The predicted molar refractivity (Wildman–Crippen MR) is 98.1 cm³/mol. The van der Waals surface area contributed by atoms with E-state index in [1.54, 1.807) is 0 Å². The third-order valence-corrected chi connectivity index (χ3v) is 4.82. The molecule has 0 radical (unpaired) electrons. The van der Waals surface area contributed by atoms with Gasteiger partial charge in [-0.2, -0.15) is 0 Å². The molecule has 2 unspecified atom stereocenters. The molecule has 1 aliphatic rings. The third kappa shape index (κ3) is 8.48. The van der Waals surface area contributed by atoms with Gasteiger partial charge in [0.2, 0.25) is 0 Å². The van der Waals surface area contributed by atoms with Gasteiger partial charge in [-0.3, -0.25) is 4.90 Å². The number of ether oxygens (including phenoxy) is 2. The number of likely N-dealkylation sites (N-methyl/N-ethyl adjacent to an activating group) is 1. The molecule has 0 aromatic carbocycles. The van der Waals surface area contributed by atoms with Crippen molar-refractivity contribution >= 4 is 0 Å². The molecule has 0 bridgehead atoms. The first kappa shape index (κ1) is 20.9. The molecule has 1 saturated heterocycles. The van der Waals surface area contributed by atoms with Crippen LogP contribution in [0.1, 0.15) is 60.8 Å². The van der Waals surface area contributed by atoms with Crippen molar-refractivity contribution in [1.82, 2.24) is 9.80 Å². The Morgan fingerprint density at radius 1 is 1.09 bits per heavy atom. The molecule has 0 aliphatic carbocycles. The number of likely N-dealkylation sites (tertiary alicyclic amines) is 1. The molecule has 0 amide bonds. The van der Waals surface area contributed by atoms with Crippen molar-refractivity contribution in [3.8, 4) is 0 Å². The summed E-state index contributed by atoms with van der Waals surface area (Å²) >= 11 is 0. The van der Waals surface area contributed by atoms with Crippen LogP contribution in [0.4, 0.5) is 0 Å². The first-order valence-corrected chi connectivity index (χ1v) is 9.65. The Bertz CT molecular complexity index is 297. The quantitative estimate of drug-likeness (QED) is 0.517. The molecule has 0 N–H and O–H groups in total. The lowest BCUT2D eigenvalue weighted by Gasteiger charge is -2.44. The van der Waals surface area contributed by atoms with Crippen molar-refractivity contribution in [1.29, 1.82) is 0 Å². The highest BCUT2D eigenvalue weighted by Gasteiger charge is 2.30. The van der Waals surface area contributed by atoms with E-state index in [0.717, 1.165) is 39.3 Å². The van der Waals surface area contributed by atoms with Crippen LogP contribution >= 0.6 is 0 Å². The Balaban J connectivity index is 2.07. The summed E-state index contributed by atoms with van der Waals surface area (Å²) in [7, 11) is 0. The SMILES string of the molecule is CCN(CCCC(C)OCC1CCN1C(C)C)CCOC(C)C. The molecular formula is C19H40N2O2. The maximum atomic E-state index is 6.07. The largest absolute Gasteiger partial charge is 0.377 e. The van der Waals surface area contributed by atoms with Crippen LogP contribution in [-0.4, -0.2) is 73.5 Å². The highest BCUT2D eigenvalue weighted by molar-refractivity contribution is 4.84. The molecule has 1 fully saturated rings. The summed E-state index contributed by atoms with van der Waals surface area (Å²) in [5.74, 6) is 0. The summed E-state index contributed by atoms with van der Waals surface area (Å²) < 4.78 is 11.7. The van der Waals surface area contributed by atoms with Gasteiger partial charge in [0.05, 0.1) is 25.4 Å². The second-order valence-corrected chi connectivity index (χ2v) is 7.41. The minimum absolute atomic E-state index is 0.332. The maximum absolute atomic E-state index is 6.07. The van der Waals surface area contributed by atoms with Crippen molar-refractivity contribution < 1.29 is 9.47 Å². The first-order valence-electron chi connectivity index (χ1n) is 9.65. The zero-order valence-electron chi connectivity index (χ0n) is 16.4. The Kier molecular flexibility index (Phi) is 10.4. The van der Waals surface area contributed by atoms with Crippen LogP contribution in [0.15, 0.2) is 0 Å².